The molecule has 1 fully saturated rings. The molecule has 4 heteroatoms. The van der Waals surface area contributed by atoms with Crippen molar-refractivity contribution in [2.24, 2.45) is 5.92 Å². The average molecular weight is 348 g/mol. The Morgan fingerprint density at radius 1 is 0.923 bits per heavy atom. The summed E-state index contributed by atoms with van der Waals surface area (Å²) in [4.78, 5) is 25.2. The van der Waals surface area contributed by atoms with E-state index < -0.39 is 5.92 Å². The zero-order chi connectivity index (χ0) is 18.5. The monoisotopic (exact) mass is 348 g/mol. The third-order valence-corrected chi connectivity index (χ3v) is 4.48. The van der Waals surface area contributed by atoms with Crippen LogP contribution in [0.1, 0.15) is 30.4 Å². The van der Waals surface area contributed by atoms with E-state index in [2.05, 4.69) is 0 Å². The van der Waals surface area contributed by atoms with Gasteiger partial charge in [-0.1, -0.05) is 30.3 Å². The summed E-state index contributed by atoms with van der Waals surface area (Å²) in [5.41, 5.74) is 2.27. The summed E-state index contributed by atoms with van der Waals surface area (Å²) in [7, 11) is 0. The molecule has 0 aromatic heterocycles. The largest absolute Gasteiger partial charge is 0.508 e. The van der Waals surface area contributed by atoms with Gasteiger partial charge >= 0.3 is 0 Å². The van der Waals surface area contributed by atoms with E-state index in [-0.39, 0.29) is 23.1 Å². The molecule has 0 spiro atoms. The molecule has 1 saturated carbocycles. The van der Waals surface area contributed by atoms with Gasteiger partial charge in [-0.2, -0.15) is 0 Å². The molecule has 2 aromatic rings. The van der Waals surface area contributed by atoms with Crippen molar-refractivity contribution in [2.75, 3.05) is 0 Å². The third kappa shape index (κ3) is 4.28. The molecule has 0 heterocycles. The molecule has 3 rings (SSSR count). The van der Waals surface area contributed by atoms with Crippen LogP contribution in [0.15, 0.2) is 60.2 Å². The summed E-state index contributed by atoms with van der Waals surface area (Å²) in [6.45, 7) is 0. The highest BCUT2D eigenvalue weighted by Gasteiger charge is 2.30. The summed E-state index contributed by atoms with van der Waals surface area (Å²) in [5, 5.41) is 18.6. The van der Waals surface area contributed by atoms with Crippen LogP contribution >= 0.6 is 0 Å². The Balaban J connectivity index is 1.73. The summed E-state index contributed by atoms with van der Waals surface area (Å²) in [6.07, 6.45) is 6.91. The molecular formula is C22H20O4. The molecule has 0 radical (unpaired) electrons. The quantitative estimate of drug-likeness (QED) is 0.643. The first-order valence-electron chi connectivity index (χ1n) is 8.58. The maximum Gasteiger partial charge on any atom is 0.169 e. The van der Waals surface area contributed by atoms with Crippen molar-refractivity contribution in [3.8, 4) is 11.5 Å². The van der Waals surface area contributed by atoms with E-state index in [0.717, 1.165) is 17.5 Å². The first kappa shape index (κ1) is 17.7. The van der Waals surface area contributed by atoms with Crippen LogP contribution in [0.25, 0.3) is 12.2 Å². The number of benzene rings is 2. The molecule has 0 amide bonds. The molecule has 132 valence electrons. The van der Waals surface area contributed by atoms with Crippen LogP contribution in [0.2, 0.25) is 0 Å². The predicted molar refractivity (Wildman–Crippen MR) is 101 cm³/mol. The highest BCUT2D eigenvalue weighted by Crippen LogP contribution is 2.28. The second-order valence-electron chi connectivity index (χ2n) is 6.40. The molecule has 0 aliphatic heterocycles. The van der Waals surface area contributed by atoms with Crippen molar-refractivity contribution >= 4 is 23.7 Å². The SMILES string of the molecule is O=C(/C=C/c1ccc(O)cc1)C1CCC/C(=C/c2ccc(O)cc2)C1=O. The number of ketones is 2. The number of carbonyl (C=O) groups excluding carboxylic acids is 2. The molecule has 1 aliphatic rings. The fourth-order valence-corrected chi connectivity index (χ4v) is 3.04. The zero-order valence-corrected chi connectivity index (χ0v) is 14.3. The normalized spacial score (nSPS) is 19.2. The molecule has 1 unspecified atom stereocenters. The number of allylic oxidation sites excluding steroid dienone is 2. The minimum atomic E-state index is -0.638. The number of hydrogen-bond acceptors (Lipinski definition) is 4. The van der Waals surface area contributed by atoms with E-state index in [4.69, 9.17) is 0 Å². The van der Waals surface area contributed by atoms with E-state index in [1.807, 2.05) is 0 Å². The van der Waals surface area contributed by atoms with E-state index in [9.17, 15) is 19.8 Å². The molecular weight excluding hydrogens is 328 g/mol. The van der Waals surface area contributed by atoms with Crippen molar-refractivity contribution in [2.45, 2.75) is 19.3 Å². The summed E-state index contributed by atoms with van der Waals surface area (Å²) in [5.74, 6) is -0.612. The van der Waals surface area contributed by atoms with Crippen molar-refractivity contribution in [1.29, 1.82) is 0 Å². The first-order chi connectivity index (χ1) is 12.5. The molecule has 0 bridgehead atoms. The van der Waals surface area contributed by atoms with Gasteiger partial charge in [-0.05, 0) is 72.4 Å². The molecule has 1 atom stereocenters. The van der Waals surface area contributed by atoms with Crippen molar-refractivity contribution in [3.05, 3.63) is 71.3 Å². The minimum Gasteiger partial charge on any atom is -0.508 e. The summed E-state index contributed by atoms with van der Waals surface area (Å²) in [6, 6.07) is 13.1. The number of rotatable bonds is 4. The first-order valence-corrected chi connectivity index (χ1v) is 8.58. The zero-order valence-electron chi connectivity index (χ0n) is 14.3. The van der Waals surface area contributed by atoms with Gasteiger partial charge in [0.1, 0.15) is 11.5 Å². The maximum absolute atomic E-state index is 12.7. The van der Waals surface area contributed by atoms with E-state index in [1.165, 1.54) is 6.08 Å². The Bertz CT molecular complexity index is 858. The topological polar surface area (TPSA) is 74.6 Å². The second kappa shape index (κ2) is 7.83. The van der Waals surface area contributed by atoms with Gasteiger partial charge in [-0.15, -0.1) is 0 Å². The fourth-order valence-electron chi connectivity index (χ4n) is 3.04. The lowest BCUT2D eigenvalue weighted by Gasteiger charge is -2.21. The summed E-state index contributed by atoms with van der Waals surface area (Å²) >= 11 is 0. The Labute approximate surface area is 152 Å². The molecule has 2 N–H and O–H groups in total. The van der Waals surface area contributed by atoms with Crippen LogP contribution < -0.4 is 0 Å². The van der Waals surface area contributed by atoms with E-state index in [0.29, 0.717) is 18.4 Å². The fraction of sp³-hybridized carbons (Fsp3) is 0.182. The number of phenolic OH excluding ortho intramolecular Hbond substituents is 2. The predicted octanol–water partition coefficient (Wildman–Crippen LogP) is 4.13. The van der Waals surface area contributed by atoms with Gasteiger partial charge in [-0.3, -0.25) is 9.59 Å². The number of hydrogen-bond donors (Lipinski definition) is 2. The molecule has 1 aliphatic carbocycles. The Morgan fingerprint density at radius 3 is 2.12 bits per heavy atom. The van der Waals surface area contributed by atoms with Crippen LogP contribution in [0, 0.1) is 5.92 Å². The minimum absolute atomic E-state index is 0.121. The maximum atomic E-state index is 12.7. The summed E-state index contributed by atoms with van der Waals surface area (Å²) < 4.78 is 0. The van der Waals surface area contributed by atoms with E-state index >= 15 is 0 Å². The van der Waals surface area contributed by atoms with Crippen LogP contribution in [0.5, 0.6) is 11.5 Å². The van der Waals surface area contributed by atoms with Crippen LogP contribution in [0.4, 0.5) is 0 Å². The Hall–Kier alpha value is -3.14. The van der Waals surface area contributed by atoms with Crippen molar-refractivity contribution < 1.29 is 19.8 Å². The highest BCUT2D eigenvalue weighted by atomic mass is 16.3. The Kier molecular flexibility index (Phi) is 5.32. The van der Waals surface area contributed by atoms with Gasteiger partial charge in [0.25, 0.3) is 0 Å². The van der Waals surface area contributed by atoms with Gasteiger partial charge in [0, 0.05) is 0 Å². The lowest BCUT2D eigenvalue weighted by atomic mass is 9.81. The van der Waals surface area contributed by atoms with Crippen LogP contribution in [-0.2, 0) is 9.59 Å². The van der Waals surface area contributed by atoms with Gasteiger partial charge in [0.15, 0.2) is 11.6 Å². The lowest BCUT2D eigenvalue weighted by Crippen LogP contribution is -2.27. The third-order valence-electron chi connectivity index (χ3n) is 4.48. The number of aromatic hydroxyl groups is 2. The molecule has 4 nitrogen and oxygen atoms in total. The molecule has 26 heavy (non-hydrogen) atoms. The standard InChI is InChI=1S/C22H20O4/c23-18-9-4-15(5-10-18)8-13-21(25)20-3-1-2-17(22(20)26)14-16-6-11-19(24)12-7-16/h4-14,20,23-24H,1-3H2/b13-8+,17-14-. The van der Waals surface area contributed by atoms with Gasteiger partial charge in [0.05, 0.1) is 5.92 Å². The van der Waals surface area contributed by atoms with Crippen LogP contribution in [0.3, 0.4) is 0 Å². The van der Waals surface area contributed by atoms with Crippen LogP contribution in [-0.4, -0.2) is 21.8 Å². The van der Waals surface area contributed by atoms with Gasteiger partial charge in [-0.25, -0.2) is 0 Å². The lowest BCUT2D eigenvalue weighted by molar-refractivity contribution is -0.129. The molecule has 0 saturated heterocycles. The van der Waals surface area contributed by atoms with E-state index in [1.54, 1.807) is 60.7 Å². The number of carbonyl (C=O) groups is 2. The van der Waals surface area contributed by atoms with Crippen molar-refractivity contribution in [3.63, 3.8) is 0 Å². The Morgan fingerprint density at radius 2 is 1.50 bits per heavy atom. The van der Waals surface area contributed by atoms with Gasteiger partial charge in [0.2, 0.25) is 0 Å². The molecule has 2 aromatic carbocycles. The van der Waals surface area contributed by atoms with Crippen molar-refractivity contribution in [1.82, 2.24) is 0 Å². The average Bonchev–Trinajstić information content (AvgIpc) is 2.64. The van der Waals surface area contributed by atoms with Gasteiger partial charge < -0.3 is 10.2 Å². The smallest absolute Gasteiger partial charge is 0.169 e. The second-order valence-corrected chi connectivity index (χ2v) is 6.40. The number of Topliss-reactive ketones (excluding diaryl/α,β-unsaturated/α-hetero) is 1. The number of phenols is 2. The highest BCUT2D eigenvalue weighted by molar-refractivity contribution is 6.16.